The fourth-order valence-electron chi connectivity index (χ4n) is 0.804. The van der Waals surface area contributed by atoms with E-state index in [1.165, 1.54) is 0 Å². The van der Waals surface area contributed by atoms with Crippen LogP contribution in [0.15, 0.2) is 0 Å². The molecule has 72 valence electrons. The van der Waals surface area contributed by atoms with Gasteiger partial charge in [-0.1, -0.05) is 6.92 Å². The number of amides is 1. The van der Waals surface area contributed by atoms with E-state index in [0.29, 0.717) is 19.5 Å². The number of rotatable bonds is 7. The number of hydrogen-bond acceptors (Lipinski definition) is 3. The molecule has 0 heterocycles. The van der Waals surface area contributed by atoms with E-state index in [1.54, 1.807) is 0 Å². The monoisotopic (exact) mass is 173 g/mol. The molecule has 0 saturated carbocycles. The van der Waals surface area contributed by atoms with Gasteiger partial charge in [-0.15, -0.1) is 0 Å². The molecule has 0 radical (unpaired) electrons. The van der Waals surface area contributed by atoms with Gasteiger partial charge in [0.15, 0.2) is 0 Å². The normalized spacial score (nSPS) is 9.83. The lowest BCUT2D eigenvalue weighted by molar-refractivity contribution is -0.120. The van der Waals surface area contributed by atoms with Gasteiger partial charge in [-0.3, -0.25) is 4.79 Å². The first-order valence-electron chi connectivity index (χ1n) is 4.48. The molecule has 0 aromatic rings. The van der Waals surface area contributed by atoms with E-state index in [4.69, 9.17) is 5.73 Å². The average Bonchev–Trinajstić information content (AvgIpc) is 2.09. The molecule has 4 N–H and O–H groups in total. The van der Waals surface area contributed by atoms with Crippen LogP contribution in [0.2, 0.25) is 0 Å². The number of hydrogen-bond donors (Lipinski definition) is 3. The second-order valence-electron chi connectivity index (χ2n) is 2.64. The maximum atomic E-state index is 11.0. The smallest absolute Gasteiger partial charge is 0.221 e. The van der Waals surface area contributed by atoms with E-state index >= 15 is 0 Å². The minimum absolute atomic E-state index is 0.0732. The van der Waals surface area contributed by atoms with Crippen molar-refractivity contribution in [1.29, 1.82) is 0 Å². The number of carbonyl (C=O) groups excluding carboxylic acids is 1. The molecule has 0 aliphatic rings. The summed E-state index contributed by atoms with van der Waals surface area (Å²) in [6.45, 7) is 4.91. The molecule has 0 rings (SSSR count). The fourth-order valence-corrected chi connectivity index (χ4v) is 0.804. The molecule has 0 bridgehead atoms. The molecule has 1 amide bonds. The molecule has 0 atom stereocenters. The molecule has 0 spiro atoms. The van der Waals surface area contributed by atoms with Crippen LogP contribution in [0.4, 0.5) is 0 Å². The van der Waals surface area contributed by atoms with Gasteiger partial charge in [0, 0.05) is 26.1 Å². The van der Waals surface area contributed by atoms with Gasteiger partial charge in [0.2, 0.25) is 5.91 Å². The Bertz CT molecular complexity index is 117. The highest BCUT2D eigenvalue weighted by molar-refractivity contribution is 5.75. The van der Waals surface area contributed by atoms with Crippen LogP contribution < -0.4 is 16.4 Å². The van der Waals surface area contributed by atoms with Crippen LogP contribution in [0, 0.1) is 0 Å². The van der Waals surface area contributed by atoms with Gasteiger partial charge in [0.05, 0.1) is 0 Å². The highest BCUT2D eigenvalue weighted by Crippen LogP contribution is 1.77. The van der Waals surface area contributed by atoms with E-state index in [9.17, 15) is 4.79 Å². The third kappa shape index (κ3) is 7.50. The molecular formula is C8H19N3O. The quantitative estimate of drug-likeness (QED) is 0.453. The van der Waals surface area contributed by atoms with Crippen molar-refractivity contribution >= 4 is 5.91 Å². The molecular weight excluding hydrogens is 154 g/mol. The average molecular weight is 173 g/mol. The summed E-state index contributed by atoms with van der Waals surface area (Å²) in [6, 6.07) is 0. The zero-order valence-electron chi connectivity index (χ0n) is 7.73. The summed E-state index contributed by atoms with van der Waals surface area (Å²) in [5.41, 5.74) is 5.22. The second-order valence-corrected chi connectivity index (χ2v) is 2.64. The van der Waals surface area contributed by atoms with Gasteiger partial charge in [0.1, 0.15) is 0 Å². The zero-order valence-corrected chi connectivity index (χ0v) is 7.73. The topological polar surface area (TPSA) is 67.2 Å². The summed E-state index contributed by atoms with van der Waals surface area (Å²) in [6.07, 6.45) is 1.64. The first-order valence-corrected chi connectivity index (χ1v) is 4.48. The fraction of sp³-hybridized carbons (Fsp3) is 0.875. The van der Waals surface area contributed by atoms with Crippen LogP contribution in [0.1, 0.15) is 19.8 Å². The van der Waals surface area contributed by atoms with Crippen molar-refractivity contribution < 1.29 is 4.79 Å². The standard InChI is InChI=1S/C8H19N3O/c1-2-5-10-6-3-8(12)11-7-4-9/h10H,2-7,9H2,1H3,(H,11,12). The van der Waals surface area contributed by atoms with Crippen LogP contribution >= 0.6 is 0 Å². The van der Waals surface area contributed by atoms with Crippen molar-refractivity contribution in [1.82, 2.24) is 10.6 Å². The molecule has 0 aromatic heterocycles. The third-order valence-corrected chi connectivity index (χ3v) is 1.42. The van der Waals surface area contributed by atoms with Crippen LogP contribution in [0.5, 0.6) is 0 Å². The maximum Gasteiger partial charge on any atom is 0.221 e. The Morgan fingerprint density at radius 1 is 1.33 bits per heavy atom. The first-order chi connectivity index (χ1) is 5.81. The molecule has 4 heteroatoms. The summed E-state index contributed by atoms with van der Waals surface area (Å²) < 4.78 is 0. The van der Waals surface area contributed by atoms with Crippen molar-refractivity contribution in [2.45, 2.75) is 19.8 Å². The highest BCUT2D eigenvalue weighted by atomic mass is 16.1. The lowest BCUT2D eigenvalue weighted by Gasteiger charge is -2.03. The summed E-state index contributed by atoms with van der Waals surface area (Å²) in [4.78, 5) is 11.0. The second kappa shape index (κ2) is 8.49. The summed E-state index contributed by atoms with van der Waals surface area (Å²) in [7, 11) is 0. The molecule has 0 saturated heterocycles. The number of carbonyl (C=O) groups is 1. The van der Waals surface area contributed by atoms with Crippen LogP contribution in [0.25, 0.3) is 0 Å². The molecule has 0 fully saturated rings. The van der Waals surface area contributed by atoms with Crippen molar-refractivity contribution in [2.24, 2.45) is 5.73 Å². The zero-order chi connectivity index (χ0) is 9.23. The molecule has 4 nitrogen and oxygen atoms in total. The van der Waals surface area contributed by atoms with Crippen molar-refractivity contribution in [3.8, 4) is 0 Å². The van der Waals surface area contributed by atoms with E-state index in [-0.39, 0.29) is 5.91 Å². The summed E-state index contributed by atoms with van der Waals surface area (Å²) in [5.74, 6) is 0.0732. The van der Waals surface area contributed by atoms with Gasteiger partial charge < -0.3 is 16.4 Å². The highest BCUT2D eigenvalue weighted by Gasteiger charge is 1.97. The Kier molecular flexibility index (Phi) is 8.05. The lowest BCUT2D eigenvalue weighted by atomic mass is 10.4. The van der Waals surface area contributed by atoms with Crippen molar-refractivity contribution in [3.05, 3.63) is 0 Å². The third-order valence-electron chi connectivity index (χ3n) is 1.42. The Morgan fingerprint density at radius 3 is 2.67 bits per heavy atom. The number of nitrogens with one attached hydrogen (secondary N) is 2. The van der Waals surface area contributed by atoms with Gasteiger partial charge in [-0.25, -0.2) is 0 Å². The molecule has 12 heavy (non-hydrogen) atoms. The van der Waals surface area contributed by atoms with Gasteiger partial charge in [-0.2, -0.15) is 0 Å². The summed E-state index contributed by atoms with van der Waals surface area (Å²) >= 11 is 0. The Hall–Kier alpha value is -0.610. The van der Waals surface area contributed by atoms with Gasteiger partial charge >= 0.3 is 0 Å². The SMILES string of the molecule is CCCNCCC(=O)NCCN. The van der Waals surface area contributed by atoms with Gasteiger partial charge in [0.25, 0.3) is 0 Å². The van der Waals surface area contributed by atoms with E-state index in [0.717, 1.165) is 19.5 Å². The van der Waals surface area contributed by atoms with Crippen molar-refractivity contribution in [3.63, 3.8) is 0 Å². The first kappa shape index (κ1) is 11.4. The molecule has 0 aromatic carbocycles. The van der Waals surface area contributed by atoms with Crippen molar-refractivity contribution in [2.75, 3.05) is 26.2 Å². The van der Waals surface area contributed by atoms with Gasteiger partial charge in [-0.05, 0) is 13.0 Å². The molecule has 0 aliphatic heterocycles. The van der Waals surface area contributed by atoms with Crippen LogP contribution in [-0.2, 0) is 4.79 Å². The maximum absolute atomic E-state index is 11.0. The lowest BCUT2D eigenvalue weighted by Crippen LogP contribution is -2.31. The predicted octanol–water partition coefficient (Wildman–Crippen LogP) is -0.549. The molecule has 0 unspecified atom stereocenters. The summed E-state index contributed by atoms with van der Waals surface area (Å²) in [5, 5.41) is 5.86. The van der Waals surface area contributed by atoms with E-state index < -0.39 is 0 Å². The Balaban J connectivity index is 3.08. The van der Waals surface area contributed by atoms with E-state index in [2.05, 4.69) is 17.6 Å². The molecule has 0 aliphatic carbocycles. The number of nitrogens with two attached hydrogens (primary N) is 1. The van der Waals surface area contributed by atoms with Crippen LogP contribution in [0.3, 0.4) is 0 Å². The Labute approximate surface area is 73.9 Å². The van der Waals surface area contributed by atoms with E-state index in [1.807, 2.05) is 0 Å². The van der Waals surface area contributed by atoms with Crippen LogP contribution in [-0.4, -0.2) is 32.1 Å². The minimum Gasteiger partial charge on any atom is -0.355 e. The minimum atomic E-state index is 0.0732. The predicted molar refractivity (Wildman–Crippen MR) is 49.8 cm³/mol. The Morgan fingerprint density at radius 2 is 2.08 bits per heavy atom. The largest absolute Gasteiger partial charge is 0.355 e.